The van der Waals surface area contributed by atoms with Crippen LogP contribution in [0.4, 0.5) is 4.79 Å². The van der Waals surface area contributed by atoms with Crippen LogP contribution in [0.2, 0.25) is 0 Å². The Morgan fingerprint density at radius 3 is 2.15 bits per heavy atom. The molecule has 1 aliphatic carbocycles. The fraction of sp³-hybridized carbons (Fsp3) is 0.448. The topological polar surface area (TPSA) is 131 Å². The molecule has 2 atom stereocenters. The Morgan fingerprint density at radius 2 is 1.62 bits per heavy atom. The number of carbonyl (C=O) groups is 4. The molecular weight excluding hydrogens is 504 g/mol. The predicted octanol–water partition coefficient (Wildman–Crippen LogP) is 3.67. The van der Waals surface area contributed by atoms with Crippen LogP contribution in [-0.2, 0) is 28.6 Å². The number of carboxylic acids is 1. The molecule has 2 aromatic rings. The first kappa shape index (κ1) is 28.1. The number of carbonyl (C=O) groups excluding carboxylic acids is 3. The molecule has 1 heterocycles. The van der Waals surface area contributed by atoms with Crippen LogP contribution in [0.1, 0.15) is 58.1 Å². The zero-order valence-corrected chi connectivity index (χ0v) is 22.7. The second-order valence-electron chi connectivity index (χ2n) is 11.1. The highest BCUT2D eigenvalue weighted by molar-refractivity contribution is 5.93. The van der Waals surface area contributed by atoms with Gasteiger partial charge in [0.05, 0.1) is 13.0 Å². The summed E-state index contributed by atoms with van der Waals surface area (Å²) in [6.45, 7) is 7.91. The van der Waals surface area contributed by atoms with Crippen LogP contribution in [0.5, 0.6) is 0 Å². The van der Waals surface area contributed by atoms with Gasteiger partial charge in [-0.05, 0) is 56.9 Å². The molecule has 0 radical (unpaired) electrons. The van der Waals surface area contributed by atoms with Crippen molar-refractivity contribution in [2.75, 3.05) is 13.2 Å². The number of carboxylic acid groups (broad SMARTS) is 1. The van der Waals surface area contributed by atoms with E-state index in [1.165, 1.54) is 0 Å². The molecule has 2 aliphatic rings. The minimum absolute atomic E-state index is 0.00325. The molecule has 208 valence electrons. The maximum atomic E-state index is 13.6. The van der Waals surface area contributed by atoms with Gasteiger partial charge in [-0.1, -0.05) is 48.5 Å². The number of benzene rings is 2. The Morgan fingerprint density at radius 1 is 1.05 bits per heavy atom. The number of esters is 1. The molecule has 0 spiro atoms. The molecule has 0 aromatic heterocycles. The Labute approximate surface area is 227 Å². The summed E-state index contributed by atoms with van der Waals surface area (Å²) >= 11 is 0. The lowest BCUT2D eigenvalue weighted by molar-refractivity contribution is -0.162. The van der Waals surface area contributed by atoms with Gasteiger partial charge in [-0.3, -0.25) is 14.5 Å². The van der Waals surface area contributed by atoms with Crippen LogP contribution < -0.4 is 5.32 Å². The highest BCUT2D eigenvalue weighted by Gasteiger charge is 2.49. The van der Waals surface area contributed by atoms with Crippen molar-refractivity contribution in [1.29, 1.82) is 0 Å². The molecule has 1 unspecified atom stereocenters. The number of fused-ring (bicyclic) bond motifs is 3. The van der Waals surface area contributed by atoms with Crippen molar-refractivity contribution in [3.63, 3.8) is 0 Å². The van der Waals surface area contributed by atoms with Crippen molar-refractivity contribution in [2.24, 2.45) is 0 Å². The zero-order chi connectivity index (χ0) is 28.5. The van der Waals surface area contributed by atoms with Gasteiger partial charge in [0, 0.05) is 5.92 Å². The van der Waals surface area contributed by atoms with E-state index in [2.05, 4.69) is 5.32 Å². The number of hydrogen-bond donors (Lipinski definition) is 2. The van der Waals surface area contributed by atoms with E-state index in [0.29, 0.717) is 0 Å². The molecular formula is C29H34N2O8. The number of aliphatic carboxylic acids is 1. The molecule has 4 rings (SSSR count). The molecule has 2 N–H and O–H groups in total. The number of alkyl carbamates (subject to hydrolysis) is 1. The summed E-state index contributed by atoms with van der Waals surface area (Å²) in [5.41, 5.74) is 2.08. The van der Waals surface area contributed by atoms with Gasteiger partial charge in [0.1, 0.15) is 24.0 Å². The number of nitrogens with one attached hydrogen (secondary N) is 1. The maximum absolute atomic E-state index is 13.6. The Bertz CT molecular complexity index is 1240. The van der Waals surface area contributed by atoms with Crippen molar-refractivity contribution in [3.05, 3.63) is 59.7 Å². The standard InChI is InChI=1S/C29H34N2O8/c1-28(2,3)39-24(32)14-22(25(33)31-23(26(34)35)16-38-29(31,4)5)30-27(36)37-15-21-19-12-8-6-10-17(19)18-11-7-9-13-20(18)21/h6-13,21-23H,14-16H2,1-5H3,(H,30,36)(H,34,35)/t22-,23?/m1/s1. The quantitative estimate of drug-likeness (QED) is 0.511. The minimum atomic E-state index is -1.43. The summed E-state index contributed by atoms with van der Waals surface area (Å²) in [6, 6.07) is 13.0. The average molecular weight is 539 g/mol. The molecule has 1 aliphatic heterocycles. The van der Waals surface area contributed by atoms with Crippen molar-refractivity contribution < 1.29 is 38.5 Å². The summed E-state index contributed by atoms with van der Waals surface area (Å²) < 4.78 is 16.5. The molecule has 2 aromatic carbocycles. The predicted molar refractivity (Wildman–Crippen MR) is 141 cm³/mol. The van der Waals surface area contributed by atoms with Crippen LogP contribution in [0.25, 0.3) is 11.1 Å². The molecule has 1 fully saturated rings. The van der Waals surface area contributed by atoms with Crippen LogP contribution in [-0.4, -0.2) is 70.6 Å². The van der Waals surface area contributed by atoms with Gasteiger partial charge in [0.2, 0.25) is 5.91 Å². The normalized spacial score (nSPS) is 18.6. The summed E-state index contributed by atoms with van der Waals surface area (Å²) in [7, 11) is 0. The largest absolute Gasteiger partial charge is 0.480 e. The number of ether oxygens (including phenoxy) is 3. The van der Waals surface area contributed by atoms with Gasteiger partial charge in [0.25, 0.3) is 0 Å². The molecule has 10 heteroatoms. The summed E-state index contributed by atoms with van der Waals surface area (Å²) in [5.74, 6) is -2.98. The summed E-state index contributed by atoms with van der Waals surface area (Å²) in [4.78, 5) is 52.1. The van der Waals surface area contributed by atoms with Crippen molar-refractivity contribution in [2.45, 2.75) is 70.4 Å². The number of hydrogen-bond acceptors (Lipinski definition) is 7. The lowest BCUT2D eigenvalue weighted by Gasteiger charge is -2.35. The van der Waals surface area contributed by atoms with Crippen molar-refractivity contribution in [3.8, 4) is 11.1 Å². The number of amides is 2. The third-order valence-electron chi connectivity index (χ3n) is 6.73. The van der Waals surface area contributed by atoms with E-state index in [-0.39, 0.29) is 19.1 Å². The Balaban J connectivity index is 1.52. The van der Waals surface area contributed by atoms with E-state index in [1.54, 1.807) is 34.6 Å². The first-order chi connectivity index (χ1) is 18.3. The van der Waals surface area contributed by atoms with E-state index in [0.717, 1.165) is 27.2 Å². The van der Waals surface area contributed by atoms with Crippen LogP contribution in [0.3, 0.4) is 0 Å². The second-order valence-corrected chi connectivity index (χ2v) is 11.1. The van der Waals surface area contributed by atoms with E-state index < -0.39 is 53.8 Å². The molecule has 10 nitrogen and oxygen atoms in total. The number of nitrogens with zero attached hydrogens (tertiary/aromatic N) is 1. The lowest BCUT2D eigenvalue weighted by atomic mass is 9.98. The highest BCUT2D eigenvalue weighted by atomic mass is 16.6. The highest BCUT2D eigenvalue weighted by Crippen LogP contribution is 2.44. The molecule has 0 saturated carbocycles. The van der Waals surface area contributed by atoms with Crippen LogP contribution in [0, 0.1) is 0 Å². The van der Waals surface area contributed by atoms with Crippen LogP contribution in [0.15, 0.2) is 48.5 Å². The maximum Gasteiger partial charge on any atom is 0.407 e. The fourth-order valence-electron chi connectivity index (χ4n) is 5.10. The molecule has 39 heavy (non-hydrogen) atoms. The van der Waals surface area contributed by atoms with Gasteiger partial charge in [-0.25, -0.2) is 9.59 Å². The summed E-state index contributed by atoms with van der Waals surface area (Å²) in [6.07, 6.45) is -1.43. The van der Waals surface area contributed by atoms with Gasteiger partial charge < -0.3 is 24.6 Å². The first-order valence-electron chi connectivity index (χ1n) is 12.8. The third-order valence-corrected chi connectivity index (χ3v) is 6.73. The Hall–Kier alpha value is -3.92. The van der Waals surface area contributed by atoms with Gasteiger partial charge >= 0.3 is 18.0 Å². The smallest absolute Gasteiger partial charge is 0.407 e. The SMILES string of the molecule is CC(C)(C)OC(=O)C[C@@H](NC(=O)OCC1c2ccccc2-c2ccccc21)C(=O)N1C(C(=O)O)COC1(C)C. The van der Waals surface area contributed by atoms with E-state index in [4.69, 9.17) is 14.2 Å². The van der Waals surface area contributed by atoms with E-state index in [1.807, 2.05) is 48.5 Å². The first-order valence-corrected chi connectivity index (χ1v) is 12.8. The third kappa shape index (κ3) is 6.06. The fourth-order valence-corrected chi connectivity index (χ4v) is 5.10. The van der Waals surface area contributed by atoms with Gasteiger partial charge in [0.15, 0.2) is 6.04 Å². The van der Waals surface area contributed by atoms with E-state index >= 15 is 0 Å². The average Bonchev–Trinajstić information content (AvgIpc) is 3.34. The van der Waals surface area contributed by atoms with Gasteiger partial charge in [-0.15, -0.1) is 0 Å². The molecule has 1 saturated heterocycles. The van der Waals surface area contributed by atoms with Crippen molar-refractivity contribution in [1.82, 2.24) is 10.2 Å². The minimum Gasteiger partial charge on any atom is -0.480 e. The number of rotatable bonds is 7. The van der Waals surface area contributed by atoms with Gasteiger partial charge in [-0.2, -0.15) is 0 Å². The molecule has 0 bridgehead atoms. The molecule has 2 amide bonds. The summed E-state index contributed by atoms with van der Waals surface area (Å²) in [5, 5.41) is 12.1. The monoisotopic (exact) mass is 538 g/mol. The Kier molecular flexibility index (Phi) is 7.70. The van der Waals surface area contributed by atoms with Crippen LogP contribution >= 0.6 is 0 Å². The second kappa shape index (κ2) is 10.7. The lowest BCUT2D eigenvalue weighted by Crippen LogP contribution is -2.58. The van der Waals surface area contributed by atoms with E-state index in [9.17, 15) is 24.3 Å². The van der Waals surface area contributed by atoms with Crippen molar-refractivity contribution >= 4 is 23.9 Å². The zero-order valence-electron chi connectivity index (χ0n) is 22.7.